The topological polar surface area (TPSA) is 59.8 Å². The van der Waals surface area contributed by atoms with E-state index < -0.39 is 0 Å². The van der Waals surface area contributed by atoms with Gasteiger partial charge in [0.1, 0.15) is 6.26 Å². The van der Waals surface area contributed by atoms with E-state index in [-0.39, 0.29) is 22.8 Å². The highest BCUT2D eigenvalue weighted by atomic mass is 32.2. The Labute approximate surface area is 103 Å². The Kier molecular flexibility index (Phi) is 3.73. The molecule has 1 aromatic rings. The zero-order valence-electron chi connectivity index (χ0n) is 9.47. The molecule has 0 aliphatic carbocycles. The maximum absolute atomic E-state index is 12.0. The van der Waals surface area contributed by atoms with Gasteiger partial charge in [-0.15, -0.1) is 0 Å². The molecule has 0 atom stereocenters. The second-order valence-electron chi connectivity index (χ2n) is 3.58. The molecule has 1 saturated heterocycles. The van der Waals surface area contributed by atoms with Gasteiger partial charge in [-0.2, -0.15) is 11.8 Å². The summed E-state index contributed by atoms with van der Waals surface area (Å²) in [6.45, 7) is 1.39. The van der Waals surface area contributed by atoms with Gasteiger partial charge in [0, 0.05) is 30.7 Å². The maximum atomic E-state index is 12.0. The average Bonchev–Trinajstić information content (AvgIpc) is 2.39. The Balaban J connectivity index is 2.19. The van der Waals surface area contributed by atoms with Crippen molar-refractivity contribution in [3.05, 3.63) is 28.3 Å². The number of ether oxygens (including phenoxy) is 1. The maximum Gasteiger partial charge on any atom is 0.289 e. The number of amides is 1. The SMILES string of the molecule is COc1coc(C(=O)N2CCSCC2)cc1=O. The van der Waals surface area contributed by atoms with Crippen LogP contribution in [0.4, 0.5) is 0 Å². The first kappa shape index (κ1) is 12.0. The lowest BCUT2D eigenvalue weighted by Crippen LogP contribution is -2.38. The van der Waals surface area contributed by atoms with Gasteiger partial charge in [-0.3, -0.25) is 9.59 Å². The highest BCUT2D eigenvalue weighted by molar-refractivity contribution is 7.99. The van der Waals surface area contributed by atoms with Crippen molar-refractivity contribution in [2.24, 2.45) is 0 Å². The summed E-state index contributed by atoms with van der Waals surface area (Å²) in [5.74, 6) is 1.79. The molecule has 0 unspecified atom stereocenters. The van der Waals surface area contributed by atoms with Crippen molar-refractivity contribution in [1.82, 2.24) is 4.90 Å². The van der Waals surface area contributed by atoms with E-state index in [0.29, 0.717) is 13.1 Å². The third-order valence-electron chi connectivity index (χ3n) is 2.53. The molecule has 92 valence electrons. The van der Waals surface area contributed by atoms with Crippen LogP contribution in [0.25, 0.3) is 0 Å². The normalized spacial score (nSPS) is 15.7. The zero-order valence-corrected chi connectivity index (χ0v) is 10.3. The van der Waals surface area contributed by atoms with Gasteiger partial charge in [0.05, 0.1) is 7.11 Å². The molecule has 2 heterocycles. The average molecular weight is 255 g/mol. The molecule has 0 radical (unpaired) electrons. The number of nitrogens with zero attached hydrogens (tertiary/aromatic N) is 1. The van der Waals surface area contributed by atoms with E-state index in [1.165, 1.54) is 19.4 Å². The predicted molar refractivity (Wildman–Crippen MR) is 64.8 cm³/mol. The van der Waals surface area contributed by atoms with E-state index in [0.717, 1.165) is 11.5 Å². The van der Waals surface area contributed by atoms with Crippen molar-refractivity contribution in [2.75, 3.05) is 31.7 Å². The van der Waals surface area contributed by atoms with Crippen LogP contribution < -0.4 is 10.2 Å². The number of carbonyl (C=O) groups excluding carboxylic acids is 1. The molecule has 1 fully saturated rings. The smallest absolute Gasteiger partial charge is 0.289 e. The molecule has 1 aliphatic rings. The number of thioether (sulfide) groups is 1. The standard InChI is InChI=1S/C11H13NO4S/c1-15-10-7-16-9(6-8(10)13)11(14)12-2-4-17-5-3-12/h6-7H,2-5H2,1H3. The van der Waals surface area contributed by atoms with Crippen LogP contribution in [0, 0.1) is 0 Å². The molecule has 0 saturated carbocycles. The first-order chi connectivity index (χ1) is 8.22. The molecular formula is C11H13NO4S. The fourth-order valence-corrected chi connectivity index (χ4v) is 2.49. The highest BCUT2D eigenvalue weighted by Gasteiger charge is 2.21. The molecule has 0 bridgehead atoms. The van der Waals surface area contributed by atoms with Gasteiger partial charge >= 0.3 is 0 Å². The lowest BCUT2D eigenvalue weighted by atomic mass is 10.3. The summed E-state index contributed by atoms with van der Waals surface area (Å²) in [5.41, 5.74) is -0.339. The minimum absolute atomic E-state index is 0.0719. The minimum Gasteiger partial charge on any atom is -0.490 e. The summed E-state index contributed by atoms with van der Waals surface area (Å²) in [4.78, 5) is 25.2. The Morgan fingerprint density at radius 2 is 2.18 bits per heavy atom. The largest absolute Gasteiger partial charge is 0.490 e. The van der Waals surface area contributed by atoms with Crippen LogP contribution in [-0.4, -0.2) is 42.5 Å². The fraction of sp³-hybridized carbons (Fsp3) is 0.455. The molecule has 1 aromatic heterocycles. The number of methoxy groups -OCH3 is 1. The molecule has 6 heteroatoms. The van der Waals surface area contributed by atoms with Crippen molar-refractivity contribution in [3.63, 3.8) is 0 Å². The van der Waals surface area contributed by atoms with Crippen LogP contribution in [0.15, 0.2) is 21.5 Å². The predicted octanol–water partition coefficient (Wildman–Crippen LogP) is 0.837. The van der Waals surface area contributed by atoms with Crippen LogP contribution >= 0.6 is 11.8 Å². The number of hydrogen-bond acceptors (Lipinski definition) is 5. The van der Waals surface area contributed by atoms with E-state index in [2.05, 4.69) is 0 Å². The second-order valence-corrected chi connectivity index (χ2v) is 4.81. The summed E-state index contributed by atoms with van der Waals surface area (Å²) >= 11 is 1.81. The monoisotopic (exact) mass is 255 g/mol. The molecular weight excluding hydrogens is 242 g/mol. The summed E-state index contributed by atoms with van der Waals surface area (Å²) in [6.07, 6.45) is 1.17. The van der Waals surface area contributed by atoms with E-state index in [1.54, 1.807) is 4.90 Å². The lowest BCUT2D eigenvalue weighted by molar-refractivity contribution is 0.0737. The first-order valence-corrected chi connectivity index (χ1v) is 6.41. The van der Waals surface area contributed by atoms with Crippen LogP contribution in [0.5, 0.6) is 5.75 Å². The van der Waals surface area contributed by atoms with Crippen LogP contribution in [0.1, 0.15) is 10.6 Å². The molecule has 1 amide bonds. The van der Waals surface area contributed by atoms with Crippen molar-refractivity contribution < 1.29 is 13.9 Å². The number of rotatable bonds is 2. The van der Waals surface area contributed by atoms with Crippen molar-refractivity contribution in [3.8, 4) is 5.75 Å². The third-order valence-corrected chi connectivity index (χ3v) is 3.47. The number of hydrogen-bond donors (Lipinski definition) is 0. The highest BCUT2D eigenvalue weighted by Crippen LogP contribution is 2.13. The Morgan fingerprint density at radius 3 is 2.76 bits per heavy atom. The first-order valence-electron chi connectivity index (χ1n) is 5.26. The lowest BCUT2D eigenvalue weighted by Gasteiger charge is -2.25. The number of carbonyl (C=O) groups is 1. The Hall–Kier alpha value is -1.43. The van der Waals surface area contributed by atoms with Crippen molar-refractivity contribution in [2.45, 2.75) is 0 Å². The summed E-state index contributed by atoms with van der Waals surface area (Å²) in [5, 5.41) is 0. The van der Waals surface area contributed by atoms with E-state index in [4.69, 9.17) is 9.15 Å². The quantitative estimate of drug-likeness (QED) is 0.783. The molecule has 1 aliphatic heterocycles. The second kappa shape index (κ2) is 5.27. The molecule has 17 heavy (non-hydrogen) atoms. The van der Waals surface area contributed by atoms with E-state index >= 15 is 0 Å². The van der Waals surface area contributed by atoms with Gasteiger partial charge in [-0.1, -0.05) is 0 Å². The van der Waals surface area contributed by atoms with Crippen LogP contribution in [0.2, 0.25) is 0 Å². The van der Waals surface area contributed by atoms with Gasteiger partial charge in [0.15, 0.2) is 5.76 Å². The van der Waals surface area contributed by atoms with Gasteiger partial charge in [-0.25, -0.2) is 0 Å². The molecule has 5 nitrogen and oxygen atoms in total. The zero-order chi connectivity index (χ0) is 12.3. The van der Waals surface area contributed by atoms with Crippen LogP contribution in [0.3, 0.4) is 0 Å². The summed E-state index contributed by atoms with van der Waals surface area (Å²) in [7, 11) is 1.38. The van der Waals surface area contributed by atoms with Crippen LogP contribution in [-0.2, 0) is 0 Å². The van der Waals surface area contributed by atoms with Gasteiger partial charge in [0.25, 0.3) is 5.91 Å². The Morgan fingerprint density at radius 1 is 1.47 bits per heavy atom. The minimum atomic E-state index is -0.339. The van der Waals surface area contributed by atoms with Crippen molar-refractivity contribution in [1.29, 1.82) is 0 Å². The van der Waals surface area contributed by atoms with Gasteiger partial charge < -0.3 is 14.1 Å². The van der Waals surface area contributed by atoms with Crippen molar-refractivity contribution >= 4 is 17.7 Å². The summed E-state index contributed by atoms with van der Waals surface area (Å²) < 4.78 is 9.91. The molecule has 0 spiro atoms. The fourth-order valence-electron chi connectivity index (χ4n) is 1.58. The van der Waals surface area contributed by atoms with Gasteiger partial charge in [-0.05, 0) is 0 Å². The Bertz CT molecular complexity index is 465. The summed E-state index contributed by atoms with van der Waals surface area (Å²) in [6, 6.07) is 1.18. The molecule has 0 aromatic carbocycles. The van der Waals surface area contributed by atoms with E-state index in [1.807, 2.05) is 11.8 Å². The third kappa shape index (κ3) is 2.63. The molecule has 0 N–H and O–H groups in total. The molecule has 2 rings (SSSR count). The van der Waals surface area contributed by atoms with E-state index in [9.17, 15) is 9.59 Å². The van der Waals surface area contributed by atoms with Gasteiger partial charge in [0.2, 0.25) is 11.2 Å².